The van der Waals surface area contributed by atoms with E-state index in [1.165, 1.54) is 0 Å². The van der Waals surface area contributed by atoms with Gasteiger partial charge in [-0.3, -0.25) is 4.79 Å². The number of nitrogens with one attached hydrogen (secondary N) is 3. The molecule has 31 heavy (non-hydrogen) atoms. The van der Waals surface area contributed by atoms with Gasteiger partial charge in [-0.05, 0) is 43.3 Å². The lowest BCUT2D eigenvalue weighted by atomic mass is 10.2. The number of hydrogen-bond acceptors (Lipinski definition) is 7. The summed E-state index contributed by atoms with van der Waals surface area (Å²) >= 11 is 0. The summed E-state index contributed by atoms with van der Waals surface area (Å²) in [5.74, 6) is 1.45. The molecule has 5 rings (SSSR count). The van der Waals surface area contributed by atoms with Gasteiger partial charge in [-0.25, -0.2) is 4.98 Å². The summed E-state index contributed by atoms with van der Waals surface area (Å²) in [4.78, 5) is 31.1. The molecule has 0 aliphatic carbocycles. The number of rotatable bonds is 6. The third-order valence-electron chi connectivity index (χ3n) is 5.12. The van der Waals surface area contributed by atoms with Gasteiger partial charge in [0.05, 0.1) is 11.2 Å². The number of aromatic amines is 1. The number of aromatic nitrogens is 3. The van der Waals surface area contributed by atoms with Crippen LogP contribution < -0.4 is 26.1 Å². The molecule has 0 bridgehead atoms. The van der Waals surface area contributed by atoms with E-state index in [9.17, 15) is 4.79 Å². The van der Waals surface area contributed by atoms with Gasteiger partial charge in [-0.1, -0.05) is 36.4 Å². The van der Waals surface area contributed by atoms with Gasteiger partial charge >= 0.3 is 0 Å². The molecule has 8 heteroatoms. The van der Waals surface area contributed by atoms with Gasteiger partial charge < -0.3 is 20.5 Å². The highest BCUT2D eigenvalue weighted by atomic mass is 16.7. The minimum absolute atomic E-state index is 0.229. The van der Waals surface area contributed by atoms with Gasteiger partial charge in [0.15, 0.2) is 11.6 Å². The number of para-hydroxylation sites is 2. The zero-order valence-corrected chi connectivity index (χ0v) is 16.8. The average Bonchev–Trinajstić information content (AvgIpc) is 3.31. The molecule has 1 fully saturated rings. The molecular weight excluding hydrogens is 392 g/mol. The Hall–Kier alpha value is -3.91. The van der Waals surface area contributed by atoms with Gasteiger partial charge in [0.1, 0.15) is 5.39 Å². The maximum Gasteiger partial charge on any atom is 0.261 e. The fraction of sp³-hybridized carbons (Fsp3) is 0.174. The highest BCUT2D eigenvalue weighted by molar-refractivity contribution is 5.91. The Kier molecular flexibility index (Phi) is 5.20. The molecule has 3 heterocycles. The second kappa shape index (κ2) is 8.45. The summed E-state index contributed by atoms with van der Waals surface area (Å²) < 4.78 is 0. The van der Waals surface area contributed by atoms with E-state index in [1.54, 1.807) is 17.3 Å². The Morgan fingerprint density at radius 2 is 1.77 bits per heavy atom. The van der Waals surface area contributed by atoms with Crippen molar-refractivity contribution in [3.63, 3.8) is 0 Å². The first-order chi connectivity index (χ1) is 15.3. The maximum absolute atomic E-state index is 12.8. The highest BCUT2D eigenvalue weighted by Gasteiger charge is 2.22. The lowest BCUT2D eigenvalue weighted by molar-refractivity contribution is 0.321. The van der Waals surface area contributed by atoms with E-state index in [0.717, 1.165) is 25.2 Å². The van der Waals surface area contributed by atoms with Crippen molar-refractivity contribution in [1.82, 2.24) is 20.3 Å². The molecule has 1 atom stereocenters. The van der Waals surface area contributed by atoms with Crippen LogP contribution >= 0.6 is 0 Å². The molecule has 1 saturated heterocycles. The second-order valence-corrected chi connectivity index (χ2v) is 7.31. The smallest absolute Gasteiger partial charge is 0.261 e. The summed E-state index contributed by atoms with van der Waals surface area (Å²) in [7, 11) is 0. The fourth-order valence-corrected chi connectivity index (χ4v) is 3.61. The first-order valence-corrected chi connectivity index (χ1v) is 10.2. The van der Waals surface area contributed by atoms with E-state index >= 15 is 0 Å². The molecule has 0 radical (unpaired) electrons. The number of pyridine rings is 1. The highest BCUT2D eigenvalue weighted by Crippen LogP contribution is 2.30. The summed E-state index contributed by atoms with van der Waals surface area (Å²) in [6, 6.07) is 21.0. The third-order valence-corrected chi connectivity index (χ3v) is 5.12. The molecule has 0 spiro atoms. The van der Waals surface area contributed by atoms with Crippen LogP contribution in [0, 0.1) is 0 Å². The van der Waals surface area contributed by atoms with Crippen molar-refractivity contribution in [2.24, 2.45) is 0 Å². The largest absolute Gasteiger partial charge is 0.373 e. The predicted molar refractivity (Wildman–Crippen MR) is 121 cm³/mol. The molecule has 1 aliphatic rings. The Bertz CT molecular complexity index is 1220. The topological polar surface area (TPSA) is 95.2 Å². The van der Waals surface area contributed by atoms with Crippen LogP contribution in [-0.4, -0.2) is 34.1 Å². The number of anilines is 3. The molecule has 4 aromatic rings. The van der Waals surface area contributed by atoms with E-state index in [4.69, 9.17) is 9.82 Å². The first-order valence-electron chi connectivity index (χ1n) is 10.2. The van der Waals surface area contributed by atoms with Crippen LogP contribution in [-0.2, 0) is 0 Å². The molecular formula is C23H22N6O2. The van der Waals surface area contributed by atoms with E-state index in [1.807, 2.05) is 60.7 Å². The van der Waals surface area contributed by atoms with Gasteiger partial charge in [-0.15, -0.1) is 0 Å². The normalized spacial score (nSPS) is 15.7. The molecule has 2 aromatic carbocycles. The van der Waals surface area contributed by atoms with Crippen LogP contribution in [0.1, 0.15) is 6.42 Å². The summed E-state index contributed by atoms with van der Waals surface area (Å²) in [5.41, 5.74) is 1.00. The van der Waals surface area contributed by atoms with Crippen molar-refractivity contribution in [2.75, 3.05) is 23.5 Å². The van der Waals surface area contributed by atoms with Crippen LogP contribution in [0.25, 0.3) is 10.9 Å². The minimum atomic E-state index is -0.279. The van der Waals surface area contributed by atoms with E-state index in [-0.39, 0.29) is 11.6 Å². The van der Waals surface area contributed by atoms with Crippen molar-refractivity contribution in [1.29, 1.82) is 0 Å². The Balaban J connectivity index is 1.67. The maximum atomic E-state index is 12.8. The Morgan fingerprint density at radius 1 is 1.00 bits per heavy atom. The second-order valence-electron chi connectivity index (χ2n) is 7.31. The number of fused-ring (bicyclic) bond motifs is 1. The molecule has 2 aromatic heterocycles. The van der Waals surface area contributed by atoms with E-state index in [2.05, 4.69) is 20.6 Å². The standard InChI is InChI=1S/C23H22N6O2/c30-22-20-19(12-14-25-22)27-23(26-16-11-13-24-15-16)28-21(20)29(17-7-3-1-4-8-17)31-18-9-5-2-6-10-18/h1-10,12,14,16,24H,11,13,15H2,(H,25,30)(H,26,27,28)/t16-/m0/s1. The van der Waals surface area contributed by atoms with Crippen LogP contribution in [0.5, 0.6) is 5.75 Å². The van der Waals surface area contributed by atoms with Gasteiger partial charge in [0, 0.05) is 18.8 Å². The van der Waals surface area contributed by atoms with Gasteiger partial charge in [0.2, 0.25) is 5.95 Å². The molecule has 0 unspecified atom stereocenters. The molecule has 0 amide bonds. The van der Waals surface area contributed by atoms with Crippen LogP contribution in [0.4, 0.5) is 17.5 Å². The van der Waals surface area contributed by atoms with Crippen LogP contribution in [0.3, 0.4) is 0 Å². The number of benzene rings is 2. The third kappa shape index (κ3) is 4.06. The van der Waals surface area contributed by atoms with Gasteiger partial charge in [-0.2, -0.15) is 10.0 Å². The van der Waals surface area contributed by atoms with Crippen molar-refractivity contribution < 1.29 is 4.84 Å². The zero-order valence-electron chi connectivity index (χ0n) is 16.8. The predicted octanol–water partition coefficient (Wildman–Crippen LogP) is 3.22. The lowest BCUT2D eigenvalue weighted by Gasteiger charge is -2.25. The SMILES string of the molecule is O=c1[nH]ccc2nc(N[C@H]3CCNC3)nc(N(Oc3ccccc3)c3ccccc3)c12. The average molecular weight is 414 g/mol. The van der Waals surface area contributed by atoms with Crippen molar-refractivity contribution in [2.45, 2.75) is 12.5 Å². The quantitative estimate of drug-likeness (QED) is 0.417. The molecule has 0 saturated carbocycles. The molecule has 8 nitrogen and oxygen atoms in total. The molecule has 156 valence electrons. The van der Waals surface area contributed by atoms with Gasteiger partial charge in [0.25, 0.3) is 5.56 Å². The first kappa shape index (κ1) is 19.1. The number of nitrogens with zero attached hydrogens (tertiary/aromatic N) is 3. The van der Waals surface area contributed by atoms with Crippen LogP contribution in [0.2, 0.25) is 0 Å². The van der Waals surface area contributed by atoms with Crippen molar-refractivity contribution in [3.8, 4) is 5.75 Å². The van der Waals surface area contributed by atoms with E-state index < -0.39 is 0 Å². The zero-order chi connectivity index (χ0) is 21.0. The number of hydrogen-bond donors (Lipinski definition) is 3. The summed E-state index contributed by atoms with van der Waals surface area (Å²) in [5, 5.41) is 8.65. The van der Waals surface area contributed by atoms with Crippen molar-refractivity contribution >= 4 is 28.4 Å². The summed E-state index contributed by atoms with van der Waals surface area (Å²) in [6.07, 6.45) is 2.57. The molecule has 1 aliphatic heterocycles. The molecule has 3 N–H and O–H groups in total. The fourth-order valence-electron chi connectivity index (χ4n) is 3.61. The summed E-state index contributed by atoms with van der Waals surface area (Å²) in [6.45, 7) is 1.79. The lowest BCUT2D eigenvalue weighted by Crippen LogP contribution is -2.27. The monoisotopic (exact) mass is 414 g/mol. The number of H-pyrrole nitrogens is 1. The van der Waals surface area contributed by atoms with E-state index in [0.29, 0.717) is 28.4 Å². The Labute approximate surface area is 178 Å². The van der Waals surface area contributed by atoms with Crippen LogP contribution in [0.15, 0.2) is 77.7 Å². The van der Waals surface area contributed by atoms with Crippen molar-refractivity contribution in [3.05, 3.63) is 83.3 Å². The minimum Gasteiger partial charge on any atom is -0.373 e. The Morgan fingerprint density at radius 3 is 2.52 bits per heavy atom.